The standard InChI is InChI=1S/C22H39N7O/c1-5-8-17(4)24-19-15-18(23)20-21(25-19)29(22(30)26-20)10-7-6-9-27-11-13-28(14-12-27)16(2)3/h15-17H,5-14H2,1-4H3,(H,26,30)(H3,23,24,25)/t17-/m1/s1. The van der Waals surface area contributed by atoms with Crippen molar-refractivity contribution in [1.29, 1.82) is 0 Å². The number of rotatable bonds is 10. The van der Waals surface area contributed by atoms with Crippen LogP contribution in [0.15, 0.2) is 10.9 Å². The predicted octanol–water partition coefficient (Wildman–Crippen LogP) is 2.71. The average Bonchev–Trinajstić information content (AvgIpc) is 3.02. The molecule has 0 amide bonds. The SMILES string of the molecule is CCC[C@@H](C)Nc1cc(N)c2[nH]c(=O)n(CCCCN3CCN(C(C)C)CC3)c2n1. The van der Waals surface area contributed by atoms with Gasteiger partial charge in [-0.15, -0.1) is 0 Å². The minimum atomic E-state index is -0.131. The number of aromatic amines is 1. The molecule has 1 atom stereocenters. The molecule has 1 saturated heterocycles. The van der Waals surface area contributed by atoms with Crippen molar-refractivity contribution in [1.82, 2.24) is 24.3 Å². The first-order valence-electron chi connectivity index (χ1n) is 11.5. The Morgan fingerprint density at radius 1 is 1.17 bits per heavy atom. The minimum Gasteiger partial charge on any atom is -0.397 e. The normalized spacial score (nSPS) is 17.1. The molecule has 8 nitrogen and oxygen atoms in total. The molecule has 0 saturated carbocycles. The van der Waals surface area contributed by atoms with Crippen LogP contribution < -0.4 is 16.7 Å². The van der Waals surface area contributed by atoms with Gasteiger partial charge in [-0.1, -0.05) is 13.3 Å². The van der Waals surface area contributed by atoms with Gasteiger partial charge in [-0.3, -0.25) is 9.47 Å². The summed E-state index contributed by atoms with van der Waals surface area (Å²) in [4.78, 5) is 25.1. The van der Waals surface area contributed by atoms with Crippen molar-refractivity contribution in [3.8, 4) is 0 Å². The van der Waals surface area contributed by atoms with Gasteiger partial charge in [0.05, 0.1) is 5.69 Å². The van der Waals surface area contributed by atoms with Gasteiger partial charge >= 0.3 is 5.69 Å². The van der Waals surface area contributed by atoms with Crippen molar-refractivity contribution < 1.29 is 0 Å². The molecule has 1 fully saturated rings. The van der Waals surface area contributed by atoms with E-state index in [4.69, 9.17) is 10.7 Å². The molecule has 3 rings (SSSR count). The second-order valence-electron chi connectivity index (χ2n) is 8.89. The predicted molar refractivity (Wildman–Crippen MR) is 125 cm³/mol. The lowest BCUT2D eigenvalue weighted by atomic mass is 10.2. The van der Waals surface area contributed by atoms with Gasteiger partial charge in [0.2, 0.25) is 0 Å². The first-order chi connectivity index (χ1) is 14.4. The van der Waals surface area contributed by atoms with Crippen LogP contribution in [-0.4, -0.2) is 69.1 Å². The number of unbranched alkanes of at least 4 members (excludes halogenated alkanes) is 1. The summed E-state index contributed by atoms with van der Waals surface area (Å²) >= 11 is 0. The van der Waals surface area contributed by atoms with Crippen LogP contribution in [0, 0.1) is 0 Å². The number of imidazole rings is 1. The third-order valence-corrected chi connectivity index (χ3v) is 6.12. The summed E-state index contributed by atoms with van der Waals surface area (Å²) in [6.45, 7) is 15.1. The summed E-state index contributed by atoms with van der Waals surface area (Å²) in [5.41, 5.74) is 7.92. The van der Waals surface area contributed by atoms with Gasteiger partial charge < -0.3 is 20.9 Å². The van der Waals surface area contributed by atoms with Crippen molar-refractivity contribution in [3.63, 3.8) is 0 Å². The molecule has 1 aliphatic heterocycles. The largest absolute Gasteiger partial charge is 0.397 e. The number of piperazine rings is 1. The number of pyridine rings is 1. The molecule has 0 unspecified atom stereocenters. The van der Waals surface area contributed by atoms with E-state index in [1.165, 1.54) is 0 Å². The smallest absolute Gasteiger partial charge is 0.327 e. The summed E-state index contributed by atoms with van der Waals surface area (Å²) in [7, 11) is 0. The number of hydrogen-bond acceptors (Lipinski definition) is 6. The number of H-pyrrole nitrogens is 1. The Morgan fingerprint density at radius 2 is 1.87 bits per heavy atom. The van der Waals surface area contributed by atoms with Crippen molar-refractivity contribution >= 4 is 22.7 Å². The third-order valence-electron chi connectivity index (χ3n) is 6.12. The fourth-order valence-electron chi connectivity index (χ4n) is 4.29. The first-order valence-corrected chi connectivity index (χ1v) is 11.5. The first kappa shape index (κ1) is 22.6. The molecule has 30 heavy (non-hydrogen) atoms. The molecule has 168 valence electrons. The van der Waals surface area contributed by atoms with Crippen LogP contribution in [0.3, 0.4) is 0 Å². The van der Waals surface area contributed by atoms with E-state index in [1.807, 2.05) is 6.07 Å². The van der Waals surface area contributed by atoms with Gasteiger partial charge in [0.25, 0.3) is 0 Å². The lowest BCUT2D eigenvalue weighted by Gasteiger charge is -2.36. The maximum Gasteiger partial charge on any atom is 0.327 e. The van der Waals surface area contributed by atoms with E-state index >= 15 is 0 Å². The van der Waals surface area contributed by atoms with E-state index in [9.17, 15) is 4.79 Å². The molecule has 0 aromatic carbocycles. The summed E-state index contributed by atoms with van der Waals surface area (Å²) in [6, 6.07) is 2.76. The van der Waals surface area contributed by atoms with Crippen LogP contribution in [-0.2, 0) is 6.54 Å². The summed E-state index contributed by atoms with van der Waals surface area (Å²) < 4.78 is 1.73. The highest BCUT2D eigenvalue weighted by atomic mass is 16.1. The molecule has 3 heterocycles. The quantitative estimate of drug-likeness (QED) is 0.515. The van der Waals surface area contributed by atoms with E-state index in [1.54, 1.807) is 4.57 Å². The van der Waals surface area contributed by atoms with E-state index in [2.05, 4.69) is 47.8 Å². The number of nitrogens with one attached hydrogen (secondary N) is 2. The molecular formula is C22H39N7O. The molecule has 1 aliphatic rings. The number of anilines is 2. The number of hydrogen-bond donors (Lipinski definition) is 3. The van der Waals surface area contributed by atoms with Crippen LogP contribution in [0.1, 0.15) is 53.4 Å². The highest BCUT2D eigenvalue weighted by Crippen LogP contribution is 2.21. The molecule has 0 bridgehead atoms. The van der Waals surface area contributed by atoms with Gasteiger partial charge in [-0.05, 0) is 46.6 Å². The minimum absolute atomic E-state index is 0.131. The Bertz CT molecular complexity index is 864. The van der Waals surface area contributed by atoms with Gasteiger partial charge in [0.1, 0.15) is 11.3 Å². The van der Waals surface area contributed by atoms with E-state index in [0.717, 1.165) is 64.2 Å². The number of fused-ring (bicyclic) bond motifs is 1. The number of nitrogens with zero attached hydrogens (tertiary/aromatic N) is 4. The molecule has 8 heteroatoms. The average molecular weight is 418 g/mol. The Morgan fingerprint density at radius 3 is 2.53 bits per heavy atom. The van der Waals surface area contributed by atoms with Crippen molar-refractivity contribution in [2.45, 2.75) is 72.0 Å². The molecular weight excluding hydrogens is 378 g/mol. The molecule has 0 radical (unpaired) electrons. The fraction of sp³-hybridized carbons (Fsp3) is 0.727. The van der Waals surface area contributed by atoms with Crippen molar-refractivity contribution in [3.05, 3.63) is 16.6 Å². The van der Waals surface area contributed by atoms with E-state index in [-0.39, 0.29) is 5.69 Å². The number of aromatic nitrogens is 3. The maximum atomic E-state index is 12.5. The fourth-order valence-corrected chi connectivity index (χ4v) is 4.29. The van der Waals surface area contributed by atoms with Crippen LogP contribution in [0.2, 0.25) is 0 Å². The molecule has 0 aliphatic carbocycles. The van der Waals surface area contributed by atoms with E-state index < -0.39 is 0 Å². The zero-order valence-corrected chi connectivity index (χ0v) is 19.1. The molecule has 0 spiro atoms. The third kappa shape index (κ3) is 5.55. The highest BCUT2D eigenvalue weighted by molar-refractivity contribution is 5.86. The monoisotopic (exact) mass is 417 g/mol. The second-order valence-corrected chi connectivity index (χ2v) is 8.89. The van der Waals surface area contributed by atoms with Crippen LogP contribution in [0.25, 0.3) is 11.2 Å². The lowest BCUT2D eigenvalue weighted by molar-refractivity contribution is 0.107. The van der Waals surface area contributed by atoms with Crippen LogP contribution >= 0.6 is 0 Å². The Hall–Kier alpha value is -2.06. The highest BCUT2D eigenvalue weighted by Gasteiger charge is 2.18. The van der Waals surface area contributed by atoms with Crippen molar-refractivity contribution in [2.75, 3.05) is 43.8 Å². The summed E-state index contributed by atoms with van der Waals surface area (Å²) in [5.74, 6) is 0.733. The van der Waals surface area contributed by atoms with Gasteiger partial charge in [0, 0.05) is 50.9 Å². The van der Waals surface area contributed by atoms with Crippen LogP contribution in [0.5, 0.6) is 0 Å². The Kier molecular flexibility index (Phi) is 7.77. The zero-order chi connectivity index (χ0) is 21.7. The van der Waals surface area contributed by atoms with Gasteiger partial charge in [-0.25, -0.2) is 9.78 Å². The number of nitrogen functional groups attached to an aromatic ring is 1. The van der Waals surface area contributed by atoms with E-state index in [0.29, 0.717) is 35.5 Å². The number of aryl methyl sites for hydroxylation is 1. The molecule has 2 aromatic heterocycles. The van der Waals surface area contributed by atoms with Gasteiger partial charge in [0.15, 0.2) is 5.65 Å². The summed E-state index contributed by atoms with van der Waals surface area (Å²) in [6.07, 6.45) is 4.18. The molecule has 2 aromatic rings. The van der Waals surface area contributed by atoms with Gasteiger partial charge in [-0.2, -0.15) is 0 Å². The Labute approximate surface area is 179 Å². The lowest BCUT2D eigenvalue weighted by Crippen LogP contribution is -2.48. The zero-order valence-electron chi connectivity index (χ0n) is 19.1. The van der Waals surface area contributed by atoms with Crippen LogP contribution in [0.4, 0.5) is 11.5 Å². The topological polar surface area (TPSA) is 95.2 Å². The molecule has 4 N–H and O–H groups in total. The van der Waals surface area contributed by atoms with Crippen molar-refractivity contribution in [2.24, 2.45) is 0 Å². The second kappa shape index (κ2) is 10.3. The number of nitrogens with two attached hydrogens (primary N) is 1. The maximum absolute atomic E-state index is 12.5. The summed E-state index contributed by atoms with van der Waals surface area (Å²) in [5, 5.41) is 3.40. The Balaban J connectivity index is 1.58.